The summed E-state index contributed by atoms with van der Waals surface area (Å²) in [6.45, 7) is 1.13. The van der Waals surface area contributed by atoms with Crippen molar-refractivity contribution in [2.45, 2.75) is 13.5 Å². The summed E-state index contributed by atoms with van der Waals surface area (Å²) in [5, 5.41) is 7.42. The molecule has 204 valence electrons. The zero-order valence-corrected chi connectivity index (χ0v) is 22.0. The number of ether oxygens (including phenoxy) is 1. The molecule has 0 atom stereocenters. The van der Waals surface area contributed by atoms with Gasteiger partial charge in [-0.3, -0.25) is 14.5 Å². The van der Waals surface area contributed by atoms with Crippen molar-refractivity contribution in [1.29, 1.82) is 0 Å². The number of carbonyl (C=O) groups excluding carboxylic acids is 2. The summed E-state index contributed by atoms with van der Waals surface area (Å²) < 4.78 is 5.26. The molecule has 0 fully saturated rings. The van der Waals surface area contributed by atoms with Gasteiger partial charge in [0.05, 0.1) is 31.6 Å². The summed E-state index contributed by atoms with van der Waals surface area (Å²) in [5.74, 6) is 0.0465. The van der Waals surface area contributed by atoms with Gasteiger partial charge in [-0.2, -0.15) is 4.98 Å². The fourth-order valence-corrected chi connectivity index (χ4v) is 4.06. The minimum absolute atomic E-state index is 0.141. The van der Waals surface area contributed by atoms with E-state index in [2.05, 4.69) is 4.98 Å². The molecule has 40 heavy (non-hydrogen) atoms. The molecular weight excluding hydrogens is 512 g/mol. The minimum atomic E-state index is -0.833. The second-order valence-electron chi connectivity index (χ2n) is 8.54. The lowest BCUT2D eigenvalue weighted by atomic mass is 10.1. The van der Waals surface area contributed by atoms with Crippen LogP contribution in [0, 0.1) is 0 Å². The molecule has 2 heterocycles. The standard InChI is InChI=1S/C27H24N6O3.C2H4O2/c1-36-23-14-12-20(13-15-23)31-18-19-17-29-26(32(24(34)16-28)21-8-4-2-5-9-21)30-25(19)33(27(31)35)22-10-6-3-7-11-22;1-2(3)4/h2-15,17H,16,18,28H2,1H3;1H3,(H,3,4). The molecular formula is C29H28N6O5. The Balaban J connectivity index is 0.000000867. The van der Waals surface area contributed by atoms with Crippen LogP contribution in [0.25, 0.3) is 0 Å². The summed E-state index contributed by atoms with van der Waals surface area (Å²) in [6.07, 6.45) is 1.65. The number of nitrogens with zero attached hydrogens (tertiary/aromatic N) is 5. The zero-order chi connectivity index (χ0) is 28.6. The first-order valence-electron chi connectivity index (χ1n) is 12.3. The number of para-hydroxylation sites is 2. The van der Waals surface area contributed by atoms with Gasteiger partial charge in [0.2, 0.25) is 11.9 Å². The molecule has 1 aliphatic heterocycles. The maximum absolute atomic E-state index is 13.8. The molecule has 0 saturated heterocycles. The summed E-state index contributed by atoms with van der Waals surface area (Å²) in [5.41, 5.74) is 8.37. The molecule has 0 spiro atoms. The lowest BCUT2D eigenvalue weighted by Gasteiger charge is -2.36. The van der Waals surface area contributed by atoms with Crippen molar-refractivity contribution in [1.82, 2.24) is 9.97 Å². The lowest BCUT2D eigenvalue weighted by Crippen LogP contribution is -2.46. The molecule has 1 aromatic heterocycles. The zero-order valence-electron chi connectivity index (χ0n) is 22.0. The number of aromatic nitrogens is 2. The van der Waals surface area contributed by atoms with E-state index in [4.69, 9.17) is 25.4 Å². The number of carboxylic acids is 1. The van der Waals surface area contributed by atoms with Gasteiger partial charge in [0.15, 0.2) is 5.82 Å². The molecule has 3 N–H and O–H groups in total. The number of rotatable bonds is 6. The van der Waals surface area contributed by atoms with E-state index in [1.165, 1.54) is 9.80 Å². The second-order valence-corrected chi connectivity index (χ2v) is 8.54. The number of fused-ring (bicyclic) bond motifs is 1. The van der Waals surface area contributed by atoms with Gasteiger partial charge in [-0.05, 0) is 48.5 Å². The van der Waals surface area contributed by atoms with Crippen LogP contribution in [0.3, 0.4) is 0 Å². The molecule has 11 heteroatoms. The van der Waals surface area contributed by atoms with E-state index in [0.29, 0.717) is 28.6 Å². The summed E-state index contributed by atoms with van der Waals surface area (Å²) >= 11 is 0. The van der Waals surface area contributed by atoms with E-state index >= 15 is 0 Å². The molecule has 3 amide bonds. The third-order valence-corrected chi connectivity index (χ3v) is 5.83. The van der Waals surface area contributed by atoms with Crippen molar-refractivity contribution in [2.24, 2.45) is 5.73 Å². The van der Waals surface area contributed by atoms with E-state index in [0.717, 1.165) is 12.5 Å². The van der Waals surface area contributed by atoms with Gasteiger partial charge < -0.3 is 15.6 Å². The summed E-state index contributed by atoms with van der Waals surface area (Å²) in [7, 11) is 1.59. The van der Waals surface area contributed by atoms with E-state index in [-0.39, 0.29) is 31.0 Å². The Kier molecular flexibility index (Phi) is 8.67. The number of urea groups is 1. The van der Waals surface area contributed by atoms with Crippen molar-refractivity contribution in [3.8, 4) is 5.75 Å². The molecule has 4 aromatic rings. The number of carbonyl (C=O) groups is 3. The number of methoxy groups -OCH3 is 1. The van der Waals surface area contributed by atoms with Crippen molar-refractivity contribution >= 4 is 46.7 Å². The van der Waals surface area contributed by atoms with E-state index < -0.39 is 5.97 Å². The highest BCUT2D eigenvalue weighted by Crippen LogP contribution is 2.37. The van der Waals surface area contributed by atoms with Crippen LogP contribution in [0.15, 0.2) is 91.1 Å². The van der Waals surface area contributed by atoms with Gasteiger partial charge in [0, 0.05) is 24.4 Å². The van der Waals surface area contributed by atoms with Crippen LogP contribution < -0.4 is 25.2 Å². The molecule has 0 radical (unpaired) electrons. The van der Waals surface area contributed by atoms with Crippen LogP contribution >= 0.6 is 0 Å². The van der Waals surface area contributed by atoms with Crippen molar-refractivity contribution in [3.05, 3.63) is 96.7 Å². The van der Waals surface area contributed by atoms with Crippen LogP contribution in [0.5, 0.6) is 5.75 Å². The summed E-state index contributed by atoms with van der Waals surface area (Å²) in [4.78, 5) is 49.4. The smallest absolute Gasteiger partial charge is 0.335 e. The maximum Gasteiger partial charge on any atom is 0.335 e. The van der Waals surface area contributed by atoms with Gasteiger partial charge in [-0.25, -0.2) is 19.6 Å². The molecule has 0 aliphatic carbocycles. The summed E-state index contributed by atoms with van der Waals surface area (Å²) in [6, 6.07) is 25.3. The van der Waals surface area contributed by atoms with Crippen molar-refractivity contribution < 1.29 is 24.2 Å². The second kappa shape index (κ2) is 12.5. The number of hydrogen-bond acceptors (Lipinski definition) is 7. The molecule has 11 nitrogen and oxygen atoms in total. The van der Waals surface area contributed by atoms with Crippen LogP contribution in [0.4, 0.5) is 33.6 Å². The number of anilines is 5. The Labute approximate surface area is 231 Å². The average Bonchev–Trinajstić information content (AvgIpc) is 2.97. The largest absolute Gasteiger partial charge is 0.497 e. The first-order chi connectivity index (χ1) is 19.3. The van der Waals surface area contributed by atoms with E-state index in [9.17, 15) is 9.59 Å². The minimum Gasteiger partial charge on any atom is -0.497 e. The highest BCUT2D eigenvalue weighted by molar-refractivity contribution is 6.10. The van der Waals surface area contributed by atoms with Crippen LogP contribution in [0.2, 0.25) is 0 Å². The Morgan fingerprint density at radius 2 is 1.57 bits per heavy atom. The Morgan fingerprint density at radius 3 is 2.15 bits per heavy atom. The number of nitrogens with two attached hydrogens (primary N) is 1. The number of hydrogen-bond donors (Lipinski definition) is 2. The van der Waals surface area contributed by atoms with Crippen molar-refractivity contribution in [2.75, 3.05) is 28.4 Å². The highest BCUT2D eigenvalue weighted by atomic mass is 16.5. The molecule has 0 saturated carbocycles. The fraction of sp³-hybridized carbons (Fsp3) is 0.138. The predicted octanol–water partition coefficient (Wildman–Crippen LogP) is 4.48. The Bertz CT molecular complexity index is 1480. The van der Waals surface area contributed by atoms with E-state index in [1.807, 2.05) is 60.7 Å². The third kappa shape index (κ3) is 6.05. The van der Waals surface area contributed by atoms with Gasteiger partial charge in [0.25, 0.3) is 5.97 Å². The van der Waals surface area contributed by atoms with Gasteiger partial charge in [-0.1, -0.05) is 36.4 Å². The lowest BCUT2D eigenvalue weighted by molar-refractivity contribution is -0.134. The molecule has 3 aromatic carbocycles. The number of benzene rings is 3. The van der Waals surface area contributed by atoms with Gasteiger partial charge >= 0.3 is 6.03 Å². The van der Waals surface area contributed by atoms with Crippen LogP contribution in [0.1, 0.15) is 12.5 Å². The monoisotopic (exact) mass is 540 g/mol. The van der Waals surface area contributed by atoms with Crippen LogP contribution in [-0.4, -0.2) is 46.6 Å². The average molecular weight is 541 g/mol. The molecule has 1 aliphatic rings. The SMILES string of the molecule is CC(=O)O.COc1ccc(N2Cc3cnc(N(C(=O)CN)c4ccccc4)nc3N(c3ccccc3)C2=O)cc1. The third-order valence-electron chi connectivity index (χ3n) is 5.83. The van der Waals surface area contributed by atoms with E-state index in [1.54, 1.807) is 42.5 Å². The normalized spacial score (nSPS) is 12.1. The molecule has 0 bridgehead atoms. The number of aliphatic carboxylic acids is 1. The Hall–Kier alpha value is -5.29. The Morgan fingerprint density at radius 1 is 0.975 bits per heavy atom. The molecule has 5 rings (SSSR count). The number of amides is 3. The highest BCUT2D eigenvalue weighted by Gasteiger charge is 2.35. The predicted molar refractivity (Wildman–Crippen MR) is 151 cm³/mol. The topological polar surface area (TPSA) is 142 Å². The first-order valence-corrected chi connectivity index (χ1v) is 12.3. The number of carboxylic acid groups (broad SMARTS) is 1. The van der Waals surface area contributed by atoms with Gasteiger partial charge in [0.1, 0.15) is 5.75 Å². The fourth-order valence-electron chi connectivity index (χ4n) is 4.06. The molecule has 0 unspecified atom stereocenters. The first kappa shape index (κ1) is 27.7. The van der Waals surface area contributed by atoms with Gasteiger partial charge in [-0.15, -0.1) is 0 Å². The maximum atomic E-state index is 13.8. The van der Waals surface area contributed by atoms with Crippen LogP contribution in [-0.2, 0) is 16.1 Å². The van der Waals surface area contributed by atoms with Crippen molar-refractivity contribution in [3.63, 3.8) is 0 Å². The quantitative estimate of drug-likeness (QED) is 0.365.